The Bertz CT molecular complexity index is 292. The van der Waals surface area contributed by atoms with Gasteiger partial charge in [0.25, 0.3) is 0 Å². The van der Waals surface area contributed by atoms with Crippen LogP contribution in [-0.2, 0) is 6.54 Å². The molecule has 2 rings (SSSR count). The summed E-state index contributed by atoms with van der Waals surface area (Å²) in [5.74, 6) is 1.47. The van der Waals surface area contributed by atoms with E-state index in [1.807, 2.05) is 6.92 Å². The molecule has 3 nitrogen and oxygen atoms in total. The molecule has 1 heterocycles. The SMILES string of the molecule is Cc1cc(C2CC2)nc(CN)n1. The van der Waals surface area contributed by atoms with Gasteiger partial charge in [-0.1, -0.05) is 0 Å². The van der Waals surface area contributed by atoms with Crippen molar-refractivity contribution in [1.82, 2.24) is 9.97 Å². The largest absolute Gasteiger partial charge is 0.324 e. The minimum absolute atomic E-state index is 0.446. The summed E-state index contributed by atoms with van der Waals surface area (Å²) in [7, 11) is 0. The topological polar surface area (TPSA) is 51.8 Å². The van der Waals surface area contributed by atoms with Gasteiger partial charge in [-0.15, -0.1) is 0 Å². The van der Waals surface area contributed by atoms with Gasteiger partial charge >= 0.3 is 0 Å². The predicted octanol–water partition coefficient (Wildman–Crippen LogP) is 1.12. The Morgan fingerprint density at radius 1 is 1.50 bits per heavy atom. The molecule has 1 fully saturated rings. The van der Waals surface area contributed by atoms with Crippen molar-refractivity contribution in [1.29, 1.82) is 0 Å². The van der Waals surface area contributed by atoms with Gasteiger partial charge in [-0.3, -0.25) is 0 Å². The van der Waals surface area contributed by atoms with Crippen LogP contribution in [0.1, 0.15) is 36.0 Å². The predicted molar refractivity (Wildman–Crippen MR) is 46.6 cm³/mol. The van der Waals surface area contributed by atoms with Crippen molar-refractivity contribution < 1.29 is 0 Å². The third-order valence-corrected chi connectivity index (χ3v) is 2.10. The van der Waals surface area contributed by atoms with E-state index >= 15 is 0 Å². The van der Waals surface area contributed by atoms with Crippen LogP contribution < -0.4 is 5.73 Å². The van der Waals surface area contributed by atoms with E-state index in [4.69, 9.17) is 5.73 Å². The lowest BCUT2D eigenvalue weighted by atomic mass is 10.2. The molecule has 0 radical (unpaired) electrons. The van der Waals surface area contributed by atoms with Crippen LogP contribution in [0, 0.1) is 6.92 Å². The number of aromatic nitrogens is 2. The maximum absolute atomic E-state index is 5.48. The van der Waals surface area contributed by atoms with Crippen LogP contribution in [0.15, 0.2) is 6.07 Å². The molecule has 0 bridgehead atoms. The monoisotopic (exact) mass is 163 g/mol. The van der Waals surface area contributed by atoms with Gasteiger partial charge in [0.05, 0.1) is 6.54 Å². The van der Waals surface area contributed by atoms with E-state index < -0.39 is 0 Å². The molecule has 0 unspecified atom stereocenters. The van der Waals surface area contributed by atoms with Crippen LogP contribution in [-0.4, -0.2) is 9.97 Å². The number of hydrogen-bond donors (Lipinski definition) is 1. The molecule has 12 heavy (non-hydrogen) atoms. The maximum atomic E-state index is 5.48. The van der Waals surface area contributed by atoms with Crippen LogP contribution in [0.4, 0.5) is 0 Å². The van der Waals surface area contributed by atoms with Crippen molar-refractivity contribution in [2.75, 3.05) is 0 Å². The summed E-state index contributed by atoms with van der Waals surface area (Å²) >= 11 is 0. The Morgan fingerprint density at radius 3 is 2.83 bits per heavy atom. The second kappa shape index (κ2) is 2.83. The molecular formula is C9H13N3. The normalized spacial score (nSPS) is 16.5. The van der Waals surface area contributed by atoms with Crippen LogP contribution >= 0.6 is 0 Å². The lowest BCUT2D eigenvalue weighted by molar-refractivity contribution is 0.847. The Labute approximate surface area is 72.0 Å². The third kappa shape index (κ3) is 1.46. The van der Waals surface area contributed by atoms with E-state index in [-0.39, 0.29) is 0 Å². The smallest absolute Gasteiger partial charge is 0.142 e. The highest BCUT2D eigenvalue weighted by molar-refractivity contribution is 5.18. The number of hydrogen-bond acceptors (Lipinski definition) is 3. The van der Waals surface area contributed by atoms with Crippen LogP contribution in [0.3, 0.4) is 0 Å². The first kappa shape index (κ1) is 7.68. The Kier molecular flexibility index (Phi) is 1.81. The molecule has 2 N–H and O–H groups in total. The Hall–Kier alpha value is -0.960. The highest BCUT2D eigenvalue weighted by Crippen LogP contribution is 2.38. The molecule has 0 saturated heterocycles. The van der Waals surface area contributed by atoms with Gasteiger partial charge in [0.2, 0.25) is 0 Å². The Balaban J connectivity index is 2.34. The number of nitrogens with zero attached hydrogens (tertiary/aromatic N) is 2. The summed E-state index contributed by atoms with van der Waals surface area (Å²) < 4.78 is 0. The van der Waals surface area contributed by atoms with Crippen molar-refractivity contribution in [2.24, 2.45) is 5.73 Å². The summed E-state index contributed by atoms with van der Waals surface area (Å²) in [5, 5.41) is 0. The van der Waals surface area contributed by atoms with Crippen molar-refractivity contribution in [3.05, 3.63) is 23.3 Å². The molecule has 1 aromatic rings. The summed E-state index contributed by atoms with van der Waals surface area (Å²) in [4.78, 5) is 8.60. The third-order valence-electron chi connectivity index (χ3n) is 2.10. The fraction of sp³-hybridized carbons (Fsp3) is 0.556. The van der Waals surface area contributed by atoms with Gasteiger partial charge in [-0.05, 0) is 25.8 Å². The maximum Gasteiger partial charge on any atom is 0.142 e. The van der Waals surface area contributed by atoms with Gasteiger partial charge < -0.3 is 5.73 Å². The quantitative estimate of drug-likeness (QED) is 0.710. The van der Waals surface area contributed by atoms with E-state index in [9.17, 15) is 0 Å². The lowest BCUT2D eigenvalue weighted by Gasteiger charge is -2.01. The van der Waals surface area contributed by atoms with E-state index in [0.29, 0.717) is 12.5 Å². The molecule has 0 atom stereocenters. The van der Waals surface area contributed by atoms with Crippen LogP contribution in [0.5, 0.6) is 0 Å². The Morgan fingerprint density at radius 2 is 2.25 bits per heavy atom. The molecule has 0 aromatic carbocycles. The fourth-order valence-electron chi connectivity index (χ4n) is 1.34. The second-order valence-electron chi connectivity index (χ2n) is 3.33. The average Bonchev–Trinajstić information content (AvgIpc) is 2.85. The summed E-state index contributed by atoms with van der Waals surface area (Å²) in [6.07, 6.45) is 2.56. The fourth-order valence-corrected chi connectivity index (χ4v) is 1.34. The van der Waals surface area contributed by atoms with Gasteiger partial charge in [-0.25, -0.2) is 9.97 Å². The molecule has 0 aliphatic heterocycles. The molecule has 1 aliphatic rings. The lowest BCUT2D eigenvalue weighted by Crippen LogP contribution is -2.05. The molecule has 0 spiro atoms. The van der Waals surface area contributed by atoms with Crippen LogP contribution in [0.2, 0.25) is 0 Å². The molecule has 3 heteroatoms. The van der Waals surface area contributed by atoms with Crippen molar-refractivity contribution in [2.45, 2.75) is 32.2 Å². The zero-order valence-corrected chi connectivity index (χ0v) is 7.25. The molecule has 64 valence electrons. The van der Waals surface area contributed by atoms with E-state index in [1.165, 1.54) is 18.5 Å². The number of nitrogens with two attached hydrogens (primary N) is 1. The van der Waals surface area contributed by atoms with Gasteiger partial charge in [0, 0.05) is 17.3 Å². The van der Waals surface area contributed by atoms with Crippen molar-refractivity contribution >= 4 is 0 Å². The van der Waals surface area contributed by atoms with Gasteiger partial charge in [-0.2, -0.15) is 0 Å². The molecule has 1 saturated carbocycles. The van der Waals surface area contributed by atoms with E-state index in [2.05, 4.69) is 16.0 Å². The van der Waals surface area contributed by atoms with E-state index in [0.717, 1.165) is 11.5 Å². The first-order chi connectivity index (χ1) is 5.79. The summed E-state index contributed by atoms with van der Waals surface area (Å²) in [6, 6.07) is 2.07. The first-order valence-corrected chi connectivity index (χ1v) is 4.34. The van der Waals surface area contributed by atoms with Crippen LogP contribution in [0.25, 0.3) is 0 Å². The zero-order chi connectivity index (χ0) is 8.55. The minimum atomic E-state index is 0.446. The average molecular weight is 163 g/mol. The molecule has 1 aliphatic carbocycles. The minimum Gasteiger partial charge on any atom is -0.324 e. The summed E-state index contributed by atoms with van der Waals surface area (Å²) in [5.41, 5.74) is 7.70. The first-order valence-electron chi connectivity index (χ1n) is 4.34. The van der Waals surface area contributed by atoms with Crippen molar-refractivity contribution in [3.8, 4) is 0 Å². The highest BCUT2D eigenvalue weighted by Gasteiger charge is 2.25. The van der Waals surface area contributed by atoms with E-state index in [1.54, 1.807) is 0 Å². The number of rotatable bonds is 2. The second-order valence-corrected chi connectivity index (χ2v) is 3.33. The highest BCUT2D eigenvalue weighted by atomic mass is 14.9. The molecule has 1 aromatic heterocycles. The van der Waals surface area contributed by atoms with Crippen molar-refractivity contribution in [3.63, 3.8) is 0 Å². The van der Waals surface area contributed by atoms with Gasteiger partial charge in [0.15, 0.2) is 0 Å². The number of aryl methyl sites for hydroxylation is 1. The standard InChI is InChI=1S/C9H13N3/c1-6-4-8(7-2-3-7)12-9(5-10)11-6/h4,7H,2-3,5,10H2,1H3. The van der Waals surface area contributed by atoms with Gasteiger partial charge in [0.1, 0.15) is 5.82 Å². The zero-order valence-electron chi connectivity index (χ0n) is 7.25. The molecule has 0 amide bonds. The molecular weight excluding hydrogens is 150 g/mol. The summed E-state index contributed by atoms with van der Waals surface area (Å²) in [6.45, 7) is 2.44.